The highest BCUT2D eigenvalue weighted by Crippen LogP contribution is 2.33. The Balaban J connectivity index is 1.27. The fourth-order valence-corrected chi connectivity index (χ4v) is 4.84. The van der Waals surface area contributed by atoms with Gasteiger partial charge in [0.25, 0.3) is 5.91 Å². The zero-order chi connectivity index (χ0) is 20.4. The van der Waals surface area contributed by atoms with E-state index in [-0.39, 0.29) is 5.91 Å². The molecule has 1 N–H and O–H groups in total. The van der Waals surface area contributed by atoms with Crippen molar-refractivity contribution in [1.29, 1.82) is 0 Å². The Morgan fingerprint density at radius 2 is 1.69 bits per heavy atom. The number of carbonyl (C=O) groups excluding carboxylic acids is 1. The van der Waals surface area contributed by atoms with E-state index in [1.807, 2.05) is 31.2 Å². The topological polar surface area (TPSA) is 48.5 Å². The summed E-state index contributed by atoms with van der Waals surface area (Å²) < 4.78 is 1.31. The van der Waals surface area contributed by atoms with Crippen LogP contribution in [0.15, 0.2) is 36.4 Å². The molecular weight excluding hydrogens is 380 g/mol. The van der Waals surface area contributed by atoms with Crippen LogP contribution in [-0.2, 0) is 0 Å². The minimum Gasteiger partial charge on any atom is -0.351 e. The second kappa shape index (κ2) is 8.51. The first-order valence-corrected chi connectivity index (χ1v) is 11.0. The third kappa shape index (κ3) is 4.43. The number of hydrogen-bond donors (Lipinski definition) is 1. The number of amides is 1. The average Bonchev–Trinajstić information content (AvgIpc) is 3.19. The molecule has 0 radical (unpaired) electrons. The molecule has 1 fully saturated rings. The maximum Gasteiger partial charge on any atom is 0.251 e. The Hall–Kier alpha value is -2.44. The molecule has 2 heterocycles. The van der Waals surface area contributed by atoms with E-state index in [0.717, 1.165) is 54.5 Å². The van der Waals surface area contributed by atoms with Crippen LogP contribution >= 0.6 is 11.3 Å². The first-order chi connectivity index (χ1) is 14.0. The van der Waals surface area contributed by atoms with Gasteiger partial charge in [-0.1, -0.05) is 41.2 Å². The summed E-state index contributed by atoms with van der Waals surface area (Å²) in [5.41, 5.74) is 5.58. The quantitative estimate of drug-likeness (QED) is 0.698. The largest absolute Gasteiger partial charge is 0.351 e. The van der Waals surface area contributed by atoms with Gasteiger partial charge in [0.1, 0.15) is 0 Å². The van der Waals surface area contributed by atoms with Crippen LogP contribution in [0, 0.1) is 20.8 Å². The van der Waals surface area contributed by atoms with Gasteiger partial charge in [-0.15, -0.1) is 0 Å². The first-order valence-electron chi connectivity index (χ1n) is 10.2. The Kier molecular flexibility index (Phi) is 5.83. The van der Waals surface area contributed by atoms with Crippen LogP contribution in [0.1, 0.15) is 27.0 Å². The second-order valence-corrected chi connectivity index (χ2v) is 8.80. The fourth-order valence-electron chi connectivity index (χ4n) is 3.68. The number of aryl methyl sites for hydroxylation is 3. The molecule has 1 amide bonds. The average molecular weight is 409 g/mol. The maximum absolute atomic E-state index is 12.2. The van der Waals surface area contributed by atoms with Crippen LogP contribution in [0.25, 0.3) is 10.2 Å². The summed E-state index contributed by atoms with van der Waals surface area (Å²) in [6.45, 7) is 11.8. The summed E-state index contributed by atoms with van der Waals surface area (Å²) in [7, 11) is 0. The number of hydrogen-bond acceptors (Lipinski definition) is 5. The first kappa shape index (κ1) is 19.9. The van der Waals surface area contributed by atoms with Crippen LogP contribution in [0.5, 0.6) is 0 Å². The number of nitrogens with zero attached hydrogens (tertiary/aromatic N) is 3. The minimum atomic E-state index is 0.00357. The van der Waals surface area contributed by atoms with Gasteiger partial charge in [-0.05, 0) is 44.0 Å². The molecule has 1 aliphatic heterocycles. The molecule has 0 bridgehead atoms. The van der Waals surface area contributed by atoms with E-state index in [0.29, 0.717) is 6.54 Å². The van der Waals surface area contributed by atoms with E-state index in [1.165, 1.54) is 15.8 Å². The monoisotopic (exact) mass is 408 g/mol. The lowest BCUT2D eigenvalue weighted by Gasteiger charge is -2.34. The summed E-state index contributed by atoms with van der Waals surface area (Å²) in [4.78, 5) is 22.0. The van der Waals surface area contributed by atoms with Gasteiger partial charge in [0.05, 0.1) is 10.2 Å². The van der Waals surface area contributed by atoms with Gasteiger partial charge in [-0.2, -0.15) is 0 Å². The molecule has 0 aliphatic carbocycles. The van der Waals surface area contributed by atoms with Crippen LogP contribution < -0.4 is 10.2 Å². The number of thiazole rings is 1. The molecule has 1 saturated heterocycles. The molecule has 0 saturated carbocycles. The molecule has 3 aromatic rings. The lowest BCUT2D eigenvalue weighted by atomic mass is 10.1. The van der Waals surface area contributed by atoms with Gasteiger partial charge >= 0.3 is 0 Å². The van der Waals surface area contributed by atoms with E-state index in [1.54, 1.807) is 11.3 Å². The number of anilines is 1. The molecule has 152 valence electrons. The maximum atomic E-state index is 12.2. The fraction of sp³-hybridized carbons (Fsp3) is 0.391. The van der Waals surface area contributed by atoms with E-state index in [2.05, 4.69) is 41.1 Å². The number of benzene rings is 2. The molecule has 0 atom stereocenters. The van der Waals surface area contributed by atoms with Gasteiger partial charge in [0.2, 0.25) is 0 Å². The van der Waals surface area contributed by atoms with Crippen molar-refractivity contribution >= 4 is 32.6 Å². The van der Waals surface area contributed by atoms with E-state index in [9.17, 15) is 4.79 Å². The highest BCUT2D eigenvalue weighted by Gasteiger charge is 2.20. The molecular formula is C23H28N4OS. The Labute approximate surface area is 176 Å². The summed E-state index contributed by atoms with van der Waals surface area (Å²) in [5, 5.41) is 4.16. The molecule has 1 aliphatic rings. The van der Waals surface area contributed by atoms with Crippen molar-refractivity contribution in [2.24, 2.45) is 0 Å². The number of fused-ring (bicyclic) bond motifs is 1. The van der Waals surface area contributed by atoms with Crippen LogP contribution in [0.3, 0.4) is 0 Å². The summed E-state index contributed by atoms with van der Waals surface area (Å²) >= 11 is 1.81. The highest BCUT2D eigenvalue weighted by molar-refractivity contribution is 7.22. The SMILES string of the molecule is Cc1ccc(C(=O)NCCN2CCN(c3nc4c(C)ccc(C)c4s3)CC2)cc1. The number of nitrogens with one attached hydrogen (secondary N) is 1. The molecule has 2 aromatic carbocycles. The van der Waals surface area contributed by atoms with Crippen molar-refractivity contribution in [3.63, 3.8) is 0 Å². The standard InChI is InChI=1S/C23H28N4OS/c1-16-4-8-19(9-5-16)22(28)24-10-11-26-12-14-27(15-13-26)23-25-20-17(2)6-7-18(3)21(20)29-23/h4-9H,10-15H2,1-3H3,(H,24,28). The Morgan fingerprint density at radius 3 is 2.38 bits per heavy atom. The minimum absolute atomic E-state index is 0.00357. The number of rotatable bonds is 5. The molecule has 0 spiro atoms. The van der Waals surface area contributed by atoms with Gasteiger partial charge in [-0.25, -0.2) is 4.98 Å². The highest BCUT2D eigenvalue weighted by atomic mass is 32.1. The molecule has 4 rings (SSSR count). The van der Waals surface area contributed by atoms with E-state index >= 15 is 0 Å². The van der Waals surface area contributed by atoms with Crippen molar-refractivity contribution < 1.29 is 4.79 Å². The predicted molar refractivity (Wildman–Crippen MR) is 121 cm³/mol. The van der Waals surface area contributed by atoms with Crippen molar-refractivity contribution in [2.75, 3.05) is 44.2 Å². The number of piperazine rings is 1. The van der Waals surface area contributed by atoms with Crippen molar-refractivity contribution in [3.8, 4) is 0 Å². The molecule has 1 aromatic heterocycles. The van der Waals surface area contributed by atoms with Crippen LogP contribution in [-0.4, -0.2) is 55.1 Å². The van der Waals surface area contributed by atoms with Crippen LogP contribution in [0.4, 0.5) is 5.13 Å². The molecule has 0 unspecified atom stereocenters. The Bertz CT molecular complexity index is 965. The summed E-state index contributed by atoms with van der Waals surface area (Å²) in [6, 6.07) is 12.0. The zero-order valence-electron chi connectivity index (χ0n) is 17.4. The van der Waals surface area contributed by atoms with Gasteiger partial charge in [0.15, 0.2) is 5.13 Å². The number of carbonyl (C=O) groups is 1. The third-order valence-corrected chi connectivity index (χ3v) is 6.85. The predicted octanol–water partition coefficient (Wildman–Crippen LogP) is 3.77. The molecule has 29 heavy (non-hydrogen) atoms. The number of aromatic nitrogens is 1. The van der Waals surface area contributed by atoms with Crippen LogP contribution in [0.2, 0.25) is 0 Å². The summed E-state index contributed by atoms with van der Waals surface area (Å²) in [6.07, 6.45) is 0. The van der Waals surface area contributed by atoms with Crippen molar-refractivity contribution in [2.45, 2.75) is 20.8 Å². The van der Waals surface area contributed by atoms with Gasteiger partial charge in [-0.3, -0.25) is 9.69 Å². The summed E-state index contributed by atoms with van der Waals surface area (Å²) in [5.74, 6) is 0.00357. The smallest absolute Gasteiger partial charge is 0.251 e. The second-order valence-electron chi connectivity index (χ2n) is 7.82. The lowest BCUT2D eigenvalue weighted by Crippen LogP contribution is -2.48. The normalized spacial score (nSPS) is 15.1. The van der Waals surface area contributed by atoms with Crippen molar-refractivity contribution in [1.82, 2.24) is 15.2 Å². The lowest BCUT2D eigenvalue weighted by molar-refractivity contribution is 0.0948. The van der Waals surface area contributed by atoms with Crippen molar-refractivity contribution in [3.05, 3.63) is 58.7 Å². The molecule has 6 heteroatoms. The van der Waals surface area contributed by atoms with Gasteiger partial charge in [0, 0.05) is 44.8 Å². The van der Waals surface area contributed by atoms with E-state index in [4.69, 9.17) is 4.98 Å². The van der Waals surface area contributed by atoms with E-state index < -0.39 is 0 Å². The third-order valence-electron chi connectivity index (χ3n) is 5.60. The Morgan fingerprint density at radius 1 is 1.00 bits per heavy atom. The zero-order valence-corrected chi connectivity index (χ0v) is 18.2. The van der Waals surface area contributed by atoms with Gasteiger partial charge < -0.3 is 10.2 Å². The molecule has 5 nitrogen and oxygen atoms in total.